The lowest BCUT2D eigenvalue weighted by atomic mass is 10.0. The molecule has 2 N–H and O–H groups in total. The number of hydrogen-bond donors (Lipinski definition) is 2. The molecule has 2 unspecified atom stereocenters. The molecule has 0 bridgehead atoms. The molecule has 27 heavy (non-hydrogen) atoms. The summed E-state index contributed by atoms with van der Waals surface area (Å²) in [5, 5.41) is 13.4. The third-order valence-electron chi connectivity index (χ3n) is 4.62. The molecule has 142 valence electrons. The molecule has 1 aliphatic heterocycles. The van der Waals surface area contributed by atoms with Crippen LogP contribution in [0.1, 0.15) is 29.3 Å². The minimum absolute atomic E-state index is 0.221. The lowest BCUT2D eigenvalue weighted by Gasteiger charge is -2.36. The van der Waals surface area contributed by atoms with Crippen molar-refractivity contribution in [3.05, 3.63) is 65.7 Å². The summed E-state index contributed by atoms with van der Waals surface area (Å²) in [5.41, 5.74) is 1.48. The van der Waals surface area contributed by atoms with Crippen molar-refractivity contribution in [3.63, 3.8) is 0 Å². The Labute approximate surface area is 158 Å². The van der Waals surface area contributed by atoms with E-state index >= 15 is 0 Å². The van der Waals surface area contributed by atoms with Gasteiger partial charge in [0, 0.05) is 26.6 Å². The van der Waals surface area contributed by atoms with Crippen LogP contribution in [0.15, 0.2) is 54.6 Å². The Morgan fingerprint density at radius 3 is 2.56 bits per heavy atom. The summed E-state index contributed by atoms with van der Waals surface area (Å²) < 4.78 is 5.10. The van der Waals surface area contributed by atoms with E-state index < -0.39 is 12.1 Å². The number of nitrogens with one attached hydrogen (secondary N) is 1. The molecule has 0 aromatic heterocycles. The molecule has 1 aliphatic rings. The standard InChI is InChI=1S/C21H24N2O4/c1-15(24)27-20-10-6-5-9-17(20)21(26)22-18-11-12-23(14-19(18)25)13-16-7-3-2-4-8-16/h2-10,18-19,25H,11-14H2,1H3,(H,22,26). The van der Waals surface area contributed by atoms with E-state index in [1.54, 1.807) is 24.3 Å². The first-order valence-corrected chi connectivity index (χ1v) is 9.05. The van der Waals surface area contributed by atoms with Gasteiger partial charge in [0.05, 0.1) is 17.7 Å². The highest BCUT2D eigenvalue weighted by Crippen LogP contribution is 2.20. The van der Waals surface area contributed by atoms with Crippen molar-refractivity contribution in [2.75, 3.05) is 13.1 Å². The zero-order chi connectivity index (χ0) is 19.2. The summed E-state index contributed by atoms with van der Waals surface area (Å²) >= 11 is 0. The Morgan fingerprint density at radius 1 is 1.15 bits per heavy atom. The Balaban J connectivity index is 1.59. The van der Waals surface area contributed by atoms with Crippen molar-refractivity contribution in [1.29, 1.82) is 0 Å². The van der Waals surface area contributed by atoms with E-state index in [1.807, 2.05) is 18.2 Å². The maximum absolute atomic E-state index is 12.6. The van der Waals surface area contributed by atoms with Gasteiger partial charge in [-0.3, -0.25) is 14.5 Å². The minimum Gasteiger partial charge on any atom is -0.426 e. The fraction of sp³-hybridized carbons (Fsp3) is 0.333. The van der Waals surface area contributed by atoms with Gasteiger partial charge in [-0.25, -0.2) is 0 Å². The number of ether oxygens (including phenoxy) is 1. The second kappa shape index (κ2) is 8.79. The van der Waals surface area contributed by atoms with Crippen molar-refractivity contribution in [3.8, 4) is 5.75 Å². The summed E-state index contributed by atoms with van der Waals surface area (Å²) in [6, 6.07) is 16.4. The molecule has 0 spiro atoms. The lowest BCUT2D eigenvalue weighted by Crippen LogP contribution is -2.53. The molecule has 3 rings (SSSR count). The van der Waals surface area contributed by atoms with Gasteiger partial charge in [0.25, 0.3) is 5.91 Å². The van der Waals surface area contributed by atoms with Crippen LogP contribution in [-0.2, 0) is 11.3 Å². The van der Waals surface area contributed by atoms with Crippen LogP contribution in [0.25, 0.3) is 0 Å². The quantitative estimate of drug-likeness (QED) is 0.623. The molecule has 1 fully saturated rings. The van der Waals surface area contributed by atoms with Crippen molar-refractivity contribution in [2.24, 2.45) is 0 Å². The number of carbonyl (C=O) groups excluding carboxylic acids is 2. The number of para-hydroxylation sites is 1. The van der Waals surface area contributed by atoms with Crippen molar-refractivity contribution in [2.45, 2.75) is 32.0 Å². The number of likely N-dealkylation sites (tertiary alicyclic amines) is 1. The number of benzene rings is 2. The maximum atomic E-state index is 12.6. The van der Waals surface area contributed by atoms with Gasteiger partial charge in [-0.05, 0) is 24.1 Å². The molecule has 0 aliphatic carbocycles. The smallest absolute Gasteiger partial charge is 0.308 e. The van der Waals surface area contributed by atoms with Gasteiger partial charge in [0.1, 0.15) is 5.75 Å². The summed E-state index contributed by atoms with van der Waals surface area (Å²) in [5.74, 6) is -0.615. The molecule has 6 nitrogen and oxygen atoms in total. The SMILES string of the molecule is CC(=O)Oc1ccccc1C(=O)NC1CCN(Cc2ccccc2)CC1O. The van der Waals surface area contributed by atoms with Gasteiger partial charge in [0.15, 0.2) is 0 Å². The second-order valence-corrected chi connectivity index (χ2v) is 6.75. The Morgan fingerprint density at radius 2 is 1.85 bits per heavy atom. The Hall–Kier alpha value is -2.70. The third kappa shape index (κ3) is 5.15. The molecule has 1 saturated heterocycles. The van der Waals surface area contributed by atoms with Crippen LogP contribution in [-0.4, -0.2) is 47.1 Å². The van der Waals surface area contributed by atoms with Gasteiger partial charge in [0.2, 0.25) is 0 Å². The maximum Gasteiger partial charge on any atom is 0.308 e. The van der Waals surface area contributed by atoms with Crippen LogP contribution in [0, 0.1) is 0 Å². The molecular formula is C21H24N2O4. The van der Waals surface area contributed by atoms with E-state index in [0.29, 0.717) is 13.0 Å². The first kappa shape index (κ1) is 19.1. The molecule has 2 aromatic rings. The van der Waals surface area contributed by atoms with Gasteiger partial charge in [-0.15, -0.1) is 0 Å². The van der Waals surface area contributed by atoms with E-state index in [2.05, 4.69) is 22.3 Å². The number of nitrogens with zero attached hydrogens (tertiary/aromatic N) is 1. The summed E-state index contributed by atoms with van der Waals surface area (Å²) in [4.78, 5) is 26.0. The topological polar surface area (TPSA) is 78.9 Å². The number of β-amino-alcohol motifs (C(OH)–C–C–N with tert-alkyl or cyclic N) is 1. The predicted octanol–water partition coefficient (Wildman–Crippen LogP) is 1.98. The molecule has 0 radical (unpaired) electrons. The molecule has 2 atom stereocenters. The molecule has 1 amide bonds. The van der Waals surface area contributed by atoms with E-state index in [9.17, 15) is 14.7 Å². The zero-order valence-corrected chi connectivity index (χ0v) is 15.3. The molecule has 1 heterocycles. The molecular weight excluding hydrogens is 344 g/mol. The van der Waals surface area contributed by atoms with E-state index in [4.69, 9.17) is 4.74 Å². The first-order chi connectivity index (χ1) is 13.0. The number of aliphatic hydroxyl groups is 1. The number of hydrogen-bond acceptors (Lipinski definition) is 5. The normalized spacial score (nSPS) is 20.1. The van der Waals surface area contributed by atoms with Crippen molar-refractivity contribution >= 4 is 11.9 Å². The fourth-order valence-electron chi connectivity index (χ4n) is 3.29. The second-order valence-electron chi connectivity index (χ2n) is 6.75. The number of esters is 1. The van der Waals surface area contributed by atoms with E-state index in [1.165, 1.54) is 12.5 Å². The van der Waals surface area contributed by atoms with Gasteiger partial charge in [-0.2, -0.15) is 0 Å². The van der Waals surface area contributed by atoms with Crippen LogP contribution in [0.3, 0.4) is 0 Å². The summed E-state index contributed by atoms with van der Waals surface area (Å²) in [7, 11) is 0. The first-order valence-electron chi connectivity index (χ1n) is 9.05. The third-order valence-corrected chi connectivity index (χ3v) is 4.62. The minimum atomic E-state index is -0.660. The highest BCUT2D eigenvalue weighted by Gasteiger charge is 2.29. The Bertz CT molecular complexity index is 794. The Kier molecular flexibility index (Phi) is 6.21. The van der Waals surface area contributed by atoms with Crippen molar-refractivity contribution < 1.29 is 19.4 Å². The highest BCUT2D eigenvalue weighted by molar-refractivity contribution is 5.97. The lowest BCUT2D eigenvalue weighted by molar-refractivity contribution is -0.131. The van der Waals surface area contributed by atoms with Gasteiger partial charge >= 0.3 is 5.97 Å². The van der Waals surface area contributed by atoms with Crippen LogP contribution >= 0.6 is 0 Å². The zero-order valence-electron chi connectivity index (χ0n) is 15.3. The largest absolute Gasteiger partial charge is 0.426 e. The van der Waals surface area contributed by atoms with Crippen LogP contribution < -0.4 is 10.1 Å². The highest BCUT2D eigenvalue weighted by atomic mass is 16.5. The van der Waals surface area contributed by atoms with Crippen LogP contribution in [0.4, 0.5) is 0 Å². The number of aliphatic hydroxyl groups excluding tert-OH is 1. The number of amides is 1. The fourth-order valence-corrected chi connectivity index (χ4v) is 3.29. The average Bonchev–Trinajstić information content (AvgIpc) is 2.65. The predicted molar refractivity (Wildman–Crippen MR) is 101 cm³/mol. The molecule has 2 aromatic carbocycles. The van der Waals surface area contributed by atoms with Gasteiger partial charge < -0.3 is 15.2 Å². The van der Waals surface area contributed by atoms with Crippen LogP contribution in [0.5, 0.6) is 5.75 Å². The number of piperidine rings is 1. The molecule has 0 saturated carbocycles. The van der Waals surface area contributed by atoms with E-state index in [0.717, 1.165) is 13.1 Å². The molecule has 6 heteroatoms. The summed E-state index contributed by atoms with van der Waals surface area (Å²) in [6.45, 7) is 3.34. The average molecular weight is 368 g/mol. The number of carbonyl (C=O) groups is 2. The van der Waals surface area contributed by atoms with E-state index in [-0.39, 0.29) is 23.3 Å². The summed E-state index contributed by atoms with van der Waals surface area (Å²) in [6.07, 6.45) is -0.0116. The van der Waals surface area contributed by atoms with Crippen LogP contribution in [0.2, 0.25) is 0 Å². The van der Waals surface area contributed by atoms with Crippen molar-refractivity contribution in [1.82, 2.24) is 10.2 Å². The van der Waals surface area contributed by atoms with Gasteiger partial charge in [-0.1, -0.05) is 42.5 Å². The number of rotatable bonds is 5. The monoisotopic (exact) mass is 368 g/mol.